The lowest BCUT2D eigenvalue weighted by Gasteiger charge is -2.07. The van der Waals surface area contributed by atoms with Crippen LogP contribution in [0.4, 0.5) is 0 Å². The monoisotopic (exact) mass is 314 g/mol. The van der Waals surface area contributed by atoms with Crippen molar-refractivity contribution < 1.29 is 4.79 Å². The van der Waals surface area contributed by atoms with Crippen LogP contribution in [-0.2, 0) is 0 Å². The van der Waals surface area contributed by atoms with Crippen molar-refractivity contribution in [2.24, 2.45) is 0 Å². The van der Waals surface area contributed by atoms with E-state index in [-0.39, 0.29) is 9.96 Å². The zero-order valence-electron chi connectivity index (χ0n) is 8.25. The smallest absolute Gasteiger partial charge is 0.254 e. The molecule has 0 aliphatic carbocycles. The molecule has 2 rings (SSSR count). The summed E-state index contributed by atoms with van der Waals surface area (Å²) in [5.41, 5.74) is 1.59. The van der Waals surface area contributed by atoms with Crippen LogP contribution in [0.1, 0.15) is 17.3 Å². The summed E-state index contributed by atoms with van der Waals surface area (Å²) in [6, 6.07) is 7.66. The standard InChI is InChI=1S/C11H11IN2O/c1-7(12)14-11(15)9-4-2-3-8-5-6-13-10(8)9/h2-7,13H,1H3,(H,14,15). The Bertz CT molecular complexity index is 490. The highest BCUT2D eigenvalue weighted by atomic mass is 127. The van der Waals surface area contributed by atoms with Crippen molar-refractivity contribution in [1.29, 1.82) is 0 Å². The first-order valence-corrected chi connectivity index (χ1v) is 5.94. The fourth-order valence-corrected chi connectivity index (χ4v) is 1.82. The third kappa shape index (κ3) is 2.14. The molecule has 1 amide bonds. The fraction of sp³-hybridized carbons (Fsp3) is 0.182. The van der Waals surface area contributed by atoms with E-state index in [4.69, 9.17) is 0 Å². The number of para-hydroxylation sites is 1. The van der Waals surface area contributed by atoms with E-state index in [2.05, 4.69) is 32.9 Å². The van der Waals surface area contributed by atoms with Gasteiger partial charge in [-0.3, -0.25) is 4.79 Å². The molecule has 2 aromatic rings. The summed E-state index contributed by atoms with van der Waals surface area (Å²) in [6.45, 7) is 1.94. The zero-order valence-corrected chi connectivity index (χ0v) is 10.4. The van der Waals surface area contributed by atoms with Gasteiger partial charge in [0.2, 0.25) is 0 Å². The summed E-state index contributed by atoms with van der Waals surface area (Å²) in [6.07, 6.45) is 1.84. The number of nitrogens with one attached hydrogen (secondary N) is 2. The van der Waals surface area contributed by atoms with Crippen LogP contribution in [0, 0.1) is 0 Å². The number of alkyl halides is 1. The van der Waals surface area contributed by atoms with E-state index in [0.29, 0.717) is 5.56 Å². The minimum absolute atomic E-state index is 0.0371. The third-order valence-corrected chi connectivity index (χ3v) is 2.47. The van der Waals surface area contributed by atoms with Crippen LogP contribution in [-0.4, -0.2) is 14.9 Å². The molecule has 1 aromatic heterocycles. The topological polar surface area (TPSA) is 44.9 Å². The average molecular weight is 314 g/mol. The maximum atomic E-state index is 11.8. The molecule has 0 aliphatic heterocycles. The van der Waals surface area contributed by atoms with Crippen molar-refractivity contribution in [2.45, 2.75) is 11.0 Å². The minimum Gasteiger partial charge on any atom is -0.361 e. The van der Waals surface area contributed by atoms with Gasteiger partial charge in [0.05, 0.1) is 15.1 Å². The molecule has 78 valence electrons. The second-order valence-electron chi connectivity index (χ2n) is 3.34. The summed E-state index contributed by atoms with van der Waals surface area (Å²) in [7, 11) is 0. The molecule has 0 saturated heterocycles. The highest BCUT2D eigenvalue weighted by molar-refractivity contribution is 14.1. The fourth-order valence-electron chi connectivity index (χ4n) is 1.53. The van der Waals surface area contributed by atoms with Gasteiger partial charge in [0, 0.05) is 11.6 Å². The molecule has 0 saturated carbocycles. The first-order chi connectivity index (χ1) is 7.18. The molecule has 0 bridgehead atoms. The van der Waals surface area contributed by atoms with Crippen LogP contribution >= 0.6 is 22.6 Å². The molecule has 1 atom stereocenters. The van der Waals surface area contributed by atoms with Gasteiger partial charge in [-0.1, -0.05) is 34.7 Å². The van der Waals surface area contributed by atoms with Gasteiger partial charge in [-0.2, -0.15) is 0 Å². The Balaban J connectivity index is 2.42. The molecular formula is C11H11IN2O. The summed E-state index contributed by atoms with van der Waals surface area (Å²) in [5.74, 6) is -0.0371. The molecule has 0 spiro atoms. The lowest BCUT2D eigenvalue weighted by molar-refractivity contribution is 0.0955. The predicted octanol–water partition coefficient (Wildman–Crippen LogP) is 2.68. The highest BCUT2D eigenvalue weighted by Gasteiger charge is 2.11. The molecule has 0 radical (unpaired) electrons. The van der Waals surface area contributed by atoms with E-state index < -0.39 is 0 Å². The second-order valence-corrected chi connectivity index (χ2v) is 5.21. The molecule has 4 heteroatoms. The number of aromatic nitrogens is 1. The van der Waals surface area contributed by atoms with Gasteiger partial charge in [0.15, 0.2) is 0 Å². The highest BCUT2D eigenvalue weighted by Crippen LogP contribution is 2.17. The maximum Gasteiger partial charge on any atom is 0.254 e. The van der Waals surface area contributed by atoms with Crippen LogP contribution in [0.25, 0.3) is 10.9 Å². The van der Waals surface area contributed by atoms with Crippen LogP contribution in [0.5, 0.6) is 0 Å². The van der Waals surface area contributed by atoms with Crippen molar-refractivity contribution in [3.05, 3.63) is 36.0 Å². The Kier molecular flexibility index (Phi) is 2.95. The predicted molar refractivity (Wildman–Crippen MR) is 69.2 cm³/mol. The Hall–Kier alpha value is -1.04. The molecule has 3 nitrogen and oxygen atoms in total. The van der Waals surface area contributed by atoms with Crippen LogP contribution in [0.2, 0.25) is 0 Å². The lowest BCUT2D eigenvalue weighted by atomic mass is 10.1. The summed E-state index contributed by atoms with van der Waals surface area (Å²) in [5, 5.41) is 3.93. The van der Waals surface area contributed by atoms with Gasteiger partial charge in [-0.15, -0.1) is 0 Å². The van der Waals surface area contributed by atoms with E-state index >= 15 is 0 Å². The molecule has 1 heterocycles. The van der Waals surface area contributed by atoms with Gasteiger partial charge in [-0.05, 0) is 19.1 Å². The number of hydrogen-bond donors (Lipinski definition) is 2. The lowest BCUT2D eigenvalue weighted by Crippen LogP contribution is -2.28. The van der Waals surface area contributed by atoms with Crippen LogP contribution < -0.4 is 5.32 Å². The van der Waals surface area contributed by atoms with Gasteiger partial charge < -0.3 is 10.3 Å². The third-order valence-electron chi connectivity index (χ3n) is 2.16. The van der Waals surface area contributed by atoms with Gasteiger partial charge in [0.25, 0.3) is 5.91 Å². The second kappa shape index (κ2) is 4.22. The quantitative estimate of drug-likeness (QED) is 0.500. The summed E-state index contributed by atoms with van der Waals surface area (Å²) in [4.78, 5) is 14.9. The van der Waals surface area contributed by atoms with Crippen molar-refractivity contribution in [1.82, 2.24) is 10.3 Å². The van der Waals surface area contributed by atoms with Crippen LogP contribution in [0.3, 0.4) is 0 Å². The van der Waals surface area contributed by atoms with E-state index in [1.807, 2.05) is 37.4 Å². The number of amides is 1. The van der Waals surface area contributed by atoms with Gasteiger partial charge >= 0.3 is 0 Å². The maximum absolute atomic E-state index is 11.8. The van der Waals surface area contributed by atoms with Gasteiger partial charge in [-0.25, -0.2) is 0 Å². The van der Waals surface area contributed by atoms with Crippen LogP contribution in [0.15, 0.2) is 30.5 Å². The number of benzene rings is 1. The number of aromatic amines is 1. The number of hydrogen-bond acceptors (Lipinski definition) is 1. The Morgan fingerprint density at radius 3 is 3.00 bits per heavy atom. The number of rotatable bonds is 2. The largest absolute Gasteiger partial charge is 0.361 e. The Morgan fingerprint density at radius 2 is 2.27 bits per heavy atom. The van der Waals surface area contributed by atoms with Crippen molar-refractivity contribution in [3.63, 3.8) is 0 Å². The first-order valence-electron chi connectivity index (χ1n) is 4.69. The minimum atomic E-state index is -0.0371. The molecule has 0 aliphatic rings. The first kappa shape index (κ1) is 10.5. The van der Waals surface area contributed by atoms with E-state index in [0.717, 1.165) is 10.9 Å². The molecule has 0 fully saturated rings. The zero-order chi connectivity index (χ0) is 10.8. The SMILES string of the molecule is CC(I)NC(=O)c1cccc2cc[nH]c12. The van der Waals surface area contributed by atoms with Crippen molar-refractivity contribution in [3.8, 4) is 0 Å². The van der Waals surface area contributed by atoms with E-state index in [1.54, 1.807) is 0 Å². The number of fused-ring (bicyclic) bond motifs is 1. The van der Waals surface area contributed by atoms with Crippen molar-refractivity contribution in [2.75, 3.05) is 0 Å². The molecule has 2 N–H and O–H groups in total. The number of H-pyrrole nitrogens is 1. The van der Waals surface area contributed by atoms with E-state index in [1.165, 1.54) is 0 Å². The normalized spacial score (nSPS) is 12.7. The van der Waals surface area contributed by atoms with E-state index in [9.17, 15) is 4.79 Å². The number of halogens is 1. The van der Waals surface area contributed by atoms with Gasteiger partial charge in [0.1, 0.15) is 0 Å². The Labute approximate surface area is 101 Å². The van der Waals surface area contributed by atoms with Crippen molar-refractivity contribution >= 4 is 39.4 Å². The summed E-state index contributed by atoms with van der Waals surface area (Å²) < 4.78 is 0.125. The molecule has 1 aromatic carbocycles. The average Bonchev–Trinajstić information content (AvgIpc) is 2.63. The number of carbonyl (C=O) groups excluding carboxylic acids is 1. The number of carbonyl (C=O) groups is 1. The Morgan fingerprint density at radius 1 is 1.47 bits per heavy atom. The molecule has 15 heavy (non-hydrogen) atoms. The molecular weight excluding hydrogens is 303 g/mol. The summed E-state index contributed by atoms with van der Waals surface area (Å²) >= 11 is 2.16. The molecule has 1 unspecified atom stereocenters.